The van der Waals surface area contributed by atoms with E-state index in [0.717, 1.165) is 22.3 Å². The number of carbonyl (C=O) groups excluding carboxylic acids is 1. The Morgan fingerprint density at radius 1 is 1.29 bits per heavy atom. The summed E-state index contributed by atoms with van der Waals surface area (Å²) in [6.45, 7) is 1.78. The van der Waals surface area contributed by atoms with Gasteiger partial charge in [0.25, 0.3) is 0 Å². The molecular weight excluding hydrogens is 266 g/mol. The van der Waals surface area contributed by atoms with Crippen molar-refractivity contribution < 1.29 is 9.21 Å². The van der Waals surface area contributed by atoms with Gasteiger partial charge in [-0.05, 0) is 12.1 Å². The number of amides is 1. The van der Waals surface area contributed by atoms with E-state index in [4.69, 9.17) is 4.42 Å². The number of carbonyl (C=O) groups is 1. The van der Waals surface area contributed by atoms with Crippen LogP contribution in [0.25, 0.3) is 10.9 Å². The van der Waals surface area contributed by atoms with E-state index in [1.807, 2.05) is 30.3 Å². The zero-order valence-electron chi connectivity index (χ0n) is 11.7. The topological polar surface area (TPSA) is 68.0 Å². The van der Waals surface area contributed by atoms with E-state index in [0.29, 0.717) is 18.7 Å². The predicted molar refractivity (Wildman–Crippen MR) is 79.9 cm³/mol. The maximum absolute atomic E-state index is 12.0. The highest BCUT2D eigenvalue weighted by Crippen LogP contribution is 2.20. The van der Waals surface area contributed by atoms with Gasteiger partial charge in [-0.15, -0.1) is 0 Å². The van der Waals surface area contributed by atoms with Gasteiger partial charge in [-0.25, -0.2) is 4.98 Å². The van der Waals surface area contributed by atoms with Gasteiger partial charge in [0.2, 0.25) is 5.91 Å². The second-order valence-electron chi connectivity index (χ2n) is 4.79. The summed E-state index contributed by atoms with van der Waals surface area (Å²) in [7, 11) is 0. The third-order valence-electron chi connectivity index (χ3n) is 3.18. The molecule has 5 nitrogen and oxygen atoms in total. The van der Waals surface area contributed by atoms with Crippen molar-refractivity contribution in [1.82, 2.24) is 9.97 Å². The smallest absolute Gasteiger partial charge is 0.224 e. The summed E-state index contributed by atoms with van der Waals surface area (Å²) in [6, 6.07) is 9.57. The Labute approximate surface area is 122 Å². The van der Waals surface area contributed by atoms with Crippen LogP contribution in [0.4, 0.5) is 5.69 Å². The first-order chi connectivity index (χ1) is 10.2. The lowest BCUT2D eigenvalue weighted by Crippen LogP contribution is -2.13. The van der Waals surface area contributed by atoms with Gasteiger partial charge >= 0.3 is 0 Å². The number of oxazole rings is 1. The van der Waals surface area contributed by atoms with Gasteiger partial charge < -0.3 is 9.73 Å². The molecule has 0 aliphatic rings. The van der Waals surface area contributed by atoms with Gasteiger partial charge in [0.15, 0.2) is 5.89 Å². The van der Waals surface area contributed by atoms with E-state index in [9.17, 15) is 4.79 Å². The van der Waals surface area contributed by atoms with Gasteiger partial charge in [0.1, 0.15) is 6.26 Å². The fourth-order valence-electron chi connectivity index (χ4n) is 2.18. The number of rotatable bonds is 4. The third-order valence-corrected chi connectivity index (χ3v) is 3.18. The Balaban J connectivity index is 1.69. The molecule has 2 aromatic heterocycles. The molecule has 0 unspecified atom stereocenters. The van der Waals surface area contributed by atoms with Crippen molar-refractivity contribution in [2.24, 2.45) is 0 Å². The van der Waals surface area contributed by atoms with Crippen molar-refractivity contribution in [3.05, 3.63) is 54.4 Å². The van der Waals surface area contributed by atoms with Crippen molar-refractivity contribution in [3.63, 3.8) is 0 Å². The van der Waals surface area contributed by atoms with Gasteiger partial charge in [-0.3, -0.25) is 9.78 Å². The summed E-state index contributed by atoms with van der Waals surface area (Å²) >= 11 is 0. The lowest BCUT2D eigenvalue weighted by atomic mass is 10.2. The molecule has 1 N–H and O–H groups in total. The van der Waals surface area contributed by atoms with Crippen LogP contribution in [0, 0.1) is 6.92 Å². The molecule has 3 aromatic rings. The highest BCUT2D eigenvalue weighted by atomic mass is 16.3. The Morgan fingerprint density at radius 3 is 2.95 bits per heavy atom. The van der Waals surface area contributed by atoms with Crippen LogP contribution in [0.2, 0.25) is 0 Å². The van der Waals surface area contributed by atoms with E-state index < -0.39 is 0 Å². The second kappa shape index (κ2) is 5.75. The van der Waals surface area contributed by atoms with Crippen LogP contribution in [0.15, 0.2) is 47.2 Å². The van der Waals surface area contributed by atoms with Crippen LogP contribution >= 0.6 is 0 Å². The molecular formula is C16H15N3O2. The summed E-state index contributed by atoms with van der Waals surface area (Å²) in [6.07, 6.45) is 4.22. The molecule has 1 amide bonds. The first-order valence-corrected chi connectivity index (χ1v) is 6.77. The van der Waals surface area contributed by atoms with E-state index in [2.05, 4.69) is 15.3 Å². The molecule has 5 heteroatoms. The zero-order valence-corrected chi connectivity index (χ0v) is 11.7. The van der Waals surface area contributed by atoms with E-state index in [1.165, 1.54) is 0 Å². The zero-order chi connectivity index (χ0) is 14.7. The summed E-state index contributed by atoms with van der Waals surface area (Å²) in [4.78, 5) is 20.5. The highest BCUT2D eigenvalue weighted by molar-refractivity contribution is 6.00. The highest BCUT2D eigenvalue weighted by Gasteiger charge is 2.08. The first kappa shape index (κ1) is 13.3. The van der Waals surface area contributed by atoms with Crippen LogP contribution in [-0.4, -0.2) is 15.9 Å². The Hall–Kier alpha value is -2.69. The number of anilines is 1. The van der Waals surface area contributed by atoms with Gasteiger partial charge in [-0.1, -0.05) is 18.2 Å². The molecule has 0 aliphatic carbocycles. The Morgan fingerprint density at radius 2 is 2.14 bits per heavy atom. The maximum atomic E-state index is 12.0. The molecule has 0 saturated carbocycles. The number of hydrogen-bond acceptors (Lipinski definition) is 4. The van der Waals surface area contributed by atoms with Crippen molar-refractivity contribution in [3.8, 4) is 0 Å². The molecule has 0 atom stereocenters. The van der Waals surface area contributed by atoms with E-state index in [1.54, 1.807) is 19.4 Å². The molecule has 2 heterocycles. The average molecular weight is 281 g/mol. The number of para-hydroxylation sites is 1. The van der Waals surface area contributed by atoms with Crippen molar-refractivity contribution in [2.75, 3.05) is 5.32 Å². The fraction of sp³-hybridized carbons (Fsp3) is 0.188. The number of fused-ring (bicyclic) bond motifs is 1. The van der Waals surface area contributed by atoms with Gasteiger partial charge in [-0.2, -0.15) is 0 Å². The first-order valence-electron chi connectivity index (χ1n) is 6.77. The number of nitrogens with one attached hydrogen (secondary N) is 1. The van der Waals surface area contributed by atoms with Crippen molar-refractivity contribution in [2.45, 2.75) is 19.8 Å². The normalized spacial score (nSPS) is 10.7. The predicted octanol–water partition coefficient (Wildman–Crippen LogP) is 3.10. The number of hydrogen-bond donors (Lipinski definition) is 1. The van der Waals surface area contributed by atoms with Gasteiger partial charge in [0, 0.05) is 31.3 Å². The van der Waals surface area contributed by atoms with Crippen molar-refractivity contribution >= 4 is 22.5 Å². The molecule has 0 bridgehead atoms. The molecule has 0 saturated heterocycles. The summed E-state index contributed by atoms with van der Waals surface area (Å²) in [5.41, 5.74) is 2.32. The van der Waals surface area contributed by atoms with E-state index in [-0.39, 0.29) is 5.91 Å². The SMILES string of the molecule is Cc1nc(CCC(=O)Nc2cccc3cccnc23)co1. The summed E-state index contributed by atoms with van der Waals surface area (Å²) in [5.74, 6) is 0.553. The number of nitrogens with zero attached hydrogens (tertiary/aromatic N) is 2. The number of aryl methyl sites for hydroxylation is 2. The van der Waals surface area contributed by atoms with Crippen LogP contribution < -0.4 is 5.32 Å². The van der Waals surface area contributed by atoms with Gasteiger partial charge in [0.05, 0.1) is 16.9 Å². The lowest BCUT2D eigenvalue weighted by molar-refractivity contribution is -0.116. The third kappa shape index (κ3) is 3.08. The maximum Gasteiger partial charge on any atom is 0.224 e. The number of aromatic nitrogens is 2. The lowest BCUT2D eigenvalue weighted by Gasteiger charge is -2.07. The number of benzene rings is 1. The standard InChI is InChI=1S/C16H15N3O2/c1-11-18-13(10-21-11)7-8-15(20)19-14-6-2-4-12-5-3-9-17-16(12)14/h2-6,9-10H,7-8H2,1H3,(H,19,20). The fourth-order valence-corrected chi connectivity index (χ4v) is 2.18. The molecule has 1 aromatic carbocycles. The van der Waals surface area contributed by atoms with Crippen LogP contribution in [-0.2, 0) is 11.2 Å². The van der Waals surface area contributed by atoms with Crippen LogP contribution in [0.1, 0.15) is 18.0 Å². The van der Waals surface area contributed by atoms with E-state index >= 15 is 0 Å². The van der Waals surface area contributed by atoms with Crippen LogP contribution in [0.5, 0.6) is 0 Å². The summed E-state index contributed by atoms with van der Waals surface area (Å²) < 4.78 is 5.12. The number of pyridine rings is 1. The molecule has 0 aliphatic heterocycles. The minimum atomic E-state index is -0.0613. The second-order valence-corrected chi connectivity index (χ2v) is 4.79. The summed E-state index contributed by atoms with van der Waals surface area (Å²) in [5, 5.41) is 3.90. The molecule has 21 heavy (non-hydrogen) atoms. The molecule has 0 radical (unpaired) electrons. The van der Waals surface area contributed by atoms with Crippen molar-refractivity contribution in [1.29, 1.82) is 0 Å². The Bertz CT molecular complexity index is 775. The van der Waals surface area contributed by atoms with Crippen LogP contribution in [0.3, 0.4) is 0 Å². The largest absolute Gasteiger partial charge is 0.449 e. The molecule has 3 rings (SSSR count). The Kier molecular flexibility index (Phi) is 3.64. The monoisotopic (exact) mass is 281 g/mol. The molecule has 0 fully saturated rings. The molecule has 106 valence electrons. The molecule has 0 spiro atoms. The average Bonchev–Trinajstić information content (AvgIpc) is 2.91. The quantitative estimate of drug-likeness (QED) is 0.798. The minimum Gasteiger partial charge on any atom is -0.449 e. The minimum absolute atomic E-state index is 0.0613.